The zero-order chi connectivity index (χ0) is 18.8. The quantitative estimate of drug-likeness (QED) is 0.840. The van der Waals surface area contributed by atoms with E-state index in [2.05, 4.69) is 4.98 Å². The Morgan fingerprint density at radius 2 is 1.88 bits per heavy atom. The second kappa shape index (κ2) is 7.01. The highest BCUT2D eigenvalue weighted by Crippen LogP contribution is 2.29. The maximum Gasteiger partial charge on any atom is 0.417 e. The molecule has 5 nitrogen and oxygen atoms in total. The van der Waals surface area contributed by atoms with Crippen LogP contribution in [0.3, 0.4) is 0 Å². The number of carboxylic acid groups (broad SMARTS) is 1. The Labute approximate surface area is 146 Å². The number of rotatable bonds is 5. The number of aromatic nitrogens is 1. The standard InChI is InChI=1S/C15H11ClF3NO4S/c16-12-3-1-2-11(14(21)22)10(12)6-7-25(23,24)13-5-4-9(8-20-13)15(17,18)19/h1-5,8H,6-7H2,(H,21,22). The second-order valence-corrected chi connectivity index (χ2v) is 7.49. The van der Waals surface area contributed by atoms with Gasteiger partial charge in [-0.05, 0) is 36.2 Å². The van der Waals surface area contributed by atoms with Crippen molar-refractivity contribution >= 4 is 27.4 Å². The van der Waals surface area contributed by atoms with Crippen molar-refractivity contribution in [3.8, 4) is 0 Å². The van der Waals surface area contributed by atoms with Crippen LogP contribution < -0.4 is 0 Å². The summed E-state index contributed by atoms with van der Waals surface area (Å²) in [7, 11) is -4.01. The van der Waals surface area contributed by atoms with Gasteiger partial charge < -0.3 is 5.11 Å². The number of sulfone groups is 1. The topological polar surface area (TPSA) is 84.3 Å². The third kappa shape index (κ3) is 4.49. The van der Waals surface area contributed by atoms with Crippen LogP contribution in [0, 0.1) is 0 Å². The van der Waals surface area contributed by atoms with Gasteiger partial charge in [-0.25, -0.2) is 18.2 Å². The molecule has 0 amide bonds. The number of benzene rings is 1. The van der Waals surface area contributed by atoms with Crippen LogP contribution in [0.1, 0.15) is 21.5 Å². The maximum atomic E-state index is 12.5. The van der Waals surface area contributed by atoms with Crippen LogP contribution in [-0.2, 0) is 22.4 Å². The number of alkyl halides is 3. The van der Waals surface area contributed by atoms with E-state index in [-0.39, 0.29) is 22.6 Å². The first-order chi connectivity index (χ1) is 11.5. The van der Waals surface area contributed by atoms with Crippen molar-refractivity contribution in [1.29, 1.82) is 0 Å². The number of aromatic carboxylic acids is 1. The molecular weight excluding hydrogens is 383 g/mol. The lowest BCUT2D eigenvalue weighted by Crippen LogP contribution is -2.14. The van der Waals surface area contributed by atoms with Gasteiger partial charge in [0.2, 0.25) is 0 Å². The summed E-state index contributed by atoms with van der Waals surface area (Å²) in [4.78, 5) is 14.5. The molecule has 10 heteroatoms. The number of hydrogen-bond donors (Lipinski definition) is 1. The van der Waals surface area contributed by atoms with Crippen LogP contribution in [0.4, 0.5) is 13.2 Å². The van der Waals surface area contributed by atoms with Crippen LogP contribution in [0.25, 0.3) is 0 Å². The molecule has 1 N–H and O–H groups in total. The predicted molar refractivity (Wildman–Crippen MR) is 83.4 cm³/mol. The summed E-state index contributed by atoms with van der Waals surface area (Å²) in [5.74, 6) is -1.81. The van der Waals surface area contributed by atoms with Gasteiger partial charge in [0.05, 0.1) is 16.9 Å². The summed E-state index contributed by atoms with van der Waals surface area (Å²) >= 11 is 5.92. The van der Waals surface area contributed by atoms with Gasteiger partial charge in [0.1, 0.15) is 0 Å². The Hall–Kier alpha value is -2.13. The van der Waals surface area contributed by atoms with E-state index in [4.69, 9.17) is 16.7 Å². The zero-order valence-corrected chi connectivity index (χ0v) is 14.0. The highest BCUT2D eigenvalue weighted by Gasteiger charge is 2.31. The van der Waals surface area contributed by atoms with Gasteiger partial charge in [-0.3, -0.25) is 0 Å². The summed E-state index contributed by atoms with van der Waals surface area (Å²) in [6.45, 7) is 0. The van der Waals surface area contributed by atoms with E-state index >= 15 is 0 Å². The minimum Gasteiger partial charge on any atom is -0.478 e. The number of halogens is 4. The van der Waals surface area contributed by atoms with Crippen molar-refractivity contribution in [1.82, 2.24) is 4.98 Å². The molecule has 0 bridgehead atoms. The van der Waals surface area contributed by atoms with Gasteiger partial charge in [0.25, 0.3) is 0 Å². The molecule has 0 radical (unpaired) electrons. The van der Waals surface area contributed by atoms with Crippen LogP contribution in [0.15, 0.2) is 41.6 Å². The molecule has 0 fully saturated rings. The third-order valence-corrected chi connectivity index (χ3v) is 5.33. The molecule has 0 aliphatic heterocycles. The lowest BCUT2D eigenvalue weighted by molar-refractivity contribution is -0.137. The van der Waals surface area contributed by atoms with Gasteiger partial charge in [-0.2, -0.15) is 13.2 Å². The number of nitrogens with zero attached hydrogens (tertiary/aromatic N) is 1. The molecule has 0 aliphatic carbocycles. The van der Waals surface area contributed by atoms with E-state index in [9.17, 15) is 26.4 Å². The molecule has 0 saturated carbocycles. The Kier molecular flexibility index (Phi) is 5.38. The first-order valence-electron chi connectivity index (χ1n) is 6.79. The number of hydrogen-bond acceptors (Lipinski definition) is 4. The van der Waals surface area contributed by atoms with E-state index in [1.807, 2.05) is 0 Å². The molecule has 1 heterocycles. The largest absolute Gasteiger partial charge is 0.478 e. The van der Waals surface area contributed by atoms with Crippen LogP contribution in [0.2, 0.25) is 5.02 Å². The maximum absolute atomic E-state index is 12.5. The van der Waals surface area contributed by atoms with Crippen molar-refractivity contribution in [3.63, 3.8) is 0 Å². The van der Waals surface area contributed by atoms with E-state index < -0.39 is 38.3 Å². The molecule has 25 heavy (non-hydrogen) atoms. The fraction of sp³-hybridized carbons (Fsp3) is 0.200. The smallest absolute Gasteiger partial charge is 0.417 e. The molecule has 0 spiro atoms. The fourth-order valence-corrected chi connectivity index (χ4v) is 3.53. The fourth-order valence-electron chi connectivity index (χ4n) is 2.09. The molecule has 2 rings (SSSR count). The molecule has 0 atom stereocenters. The molecule has 0 aliphatic rings. The van der Waals surface area contributed by atoms with Crippen molar-refractivity contribution in [2.24, 2.45) is 0 Å². The van der Waals surface area contributed by atoms with Gasteiger partial charge in [0, 0.05) is 11.2 Å². The van der Waals surface area contributed by atoms with Crippen LogP contribution in [-0.4, -0.2) is 30.2 Å². The van der Waals surface area contributed by atoms with Gasteiger partial charge >= 0.3 is 12.1 Å². The lowest BCUT2D eigenvalue weighted by atomic mass is 10.1. The normalized spacial score (nSPS) is 12.2. The Morgan fingerprint density at radius 1 is 1.20 bits per heavy atom. The summed E-state index contributed by atoms with van der Waals surface area (Å²) in [6, 6.07) is 5.51. The summed E-state index contributed by atoms with van der Waals surface area (Å²) in [5, 5.41) is 8.69. The van der Waals surface area contributed by atoms with Crippen molar-refractivity contribution in [3.05, 3.63) is 58.2 Å². The lowest BCUT2D eigenvalue weighted by Gasteiger charge is -2.10. The average Bonchev–Trinajstić information content (AvgIpc) is 2.52. The molecule has 134 valence electrons. The summed E-state index contributed by atoms with van der Waals surface area (Å²) < 4.78 is 61.9. The monoisotopic (exact) mass is 393 g/mol. The summed E-state index contributed by atoms with van der Waals surface area (Å²) in [5.41, 5.74) is -1.07. The SMILES string of the molecule is O=C(O)c1cccc(Cl)c1CCS(=O)(=O)c1ccc(C(F)(F)F)cn1. The molecule has 0 unspecified atom stereocenters. The highest BCUT2D eigenvalue weighted by molar-refractivity contribution is 7.91. The van der Waals surface area contributed by atoms with Crippen molar-refractivity contribution < 1.29 is 31.5 Å². The van der Waals surface area contributed by atoms with Crippen LogP contribution in [0.5, 0.6) is 0 Å². The van der Waals surface area contributed by atoms with Crippen molar-refractivity contribution in [2.45, 2.75) is 17.6 Å². The molecule has 1 aromatic heterocycles. The van der Waals surface area contributed by atoms with Gasteiger partial charge in [0.15, 0.2) is 14.9 Å². The Balaban J connectivity index is 2.25. The third-order valence-electron chi connectivity index (χ3n) is 3.35. The first-order valence-corrected chi connectivity index (χ1v) is 8.82. The molecule has 1 aromatic carbocycles. The molecular formula is C15H11ClF3NO4S. The van der Waals surface area contributed by atoms with E-state index in [0.717, 1.165) is 6.07 Å². The van der Waals surface area contributed by atoms with Gasteiger partial charge in [-0.15, -0.1) is 0 Å². The number of pyridine rings is 1. The average molecular weight is 394 g/mol. The minimum absolute atomic E-state index is 0.0930. The second-order valence-electron chi connectivity index (χ2n) is 5.02. The zero-order valence-electron chi connectivity index (χ0n) is 12.4. The Morgan fingerprint density at radius 3 is 2.40 bits per heavy atom. The Bertz CT molecular complexity index is 896. The molecule has 2 aromatic rings. The van der Waals surface area contributed by atoms with Crippen molar-refractivity contribution in [2.75, 3.05) is 5.75 Å². The minimum atomic E-state index is -4.62. The number of carbonyl (C=O) groups is 1. The van der Waals surface area contributed by atoms with Crippen LogP contribution >= 0.6 is 11.6 Å². The molecule has 0 saturated heterocycles. The van der Waals surface area contributed by atoms with E-state index in [1.165, 1.54) is 18.2 Å². The number of carboxylic acids is 1. The summed E-state index contributed by atoms with van der Waals surface area (Å²) in [6.07, 6.45) is -4.40. The van der Waals surface area contributed by atoms with Gasteiger partial charge in [-0.1, -0.05) is 17.7 Å². The van der Waals surface area contributed by atoms with E-state index in [1.54, 1.807) is 0 Å². The van der Waals surface area contributed by atoms with E-state index in [0.29, 0.717) is 12.3 Å². The first kappa shape index (κ1) is 19.2. The highest BCUT2D eigenvalue weighted by atomic mass is 35.5. The predicted octanol–water partition coefficient (Wildman–Crippen LogP) is 3.47.